The quantitative estimate of drug-likeness (QED) is 0.314. The fourth-order valence-electron chi connectivity index (χ4n) is 5.12. The Morgan fingerprint density at radius 1 is 1.22 bits per heavy atom. The molecule has 1 heterocycles. The number of hydrogen-bond donors (Lipinski definition) is 2. The highest BCUT2D eigenvalue weighted by atomic mass is 79.9. The monoisotopic (exact) mass is 557 g/mol. The summed E-state index contributed by atoms with van der Waals surface area (Å²) in [6.07, 6.45) is 6.12. The van der Waals surface area contributed by atoms with E-state index in [1.165, 1.54) is 0 Å². The van der Waals surface area contributed by atoms with E-state index >= 15 is 0 Å². The Balaban J connectivity index is 1.92. The lowest BCUT2D eigenvalue weighted by Crippen LogP contribution is -2.34. The molecular weight excluding hydrogens is 522 g/mol. The minimum atomic E-state index is -0.445. The minimum Gasteiger partial charge on any atom is -0.490 e. The van der Waals surface area contributed by atoms with Gasteiger partial charge in [0.1, 0.15) is 0 Å². The topological polar surface area (TPSA) is 114 Å². The number of nitriles is 1. The summed E-state index contributed by atoms with van der Waals surface area (Å²) in [6, 6.07) is 6.18. The van der Waals surface area contributed by atoms with Gasteiger partial charge in [0.2, 0.25) is 5.91 Å². The van der Waals surface area contributed by atoms with Gasteiger partial charge in [-0.2, -0.15) is 5.26 Å². The van der Waals surface area contributed by atoms with Gasteiger partial charge in [0.25, 0.3) is 0 Å². The van der Waals surface area contributed by atoms with Crippen LogP contribution in [0.15, 0.2) is 39.1 Å². The summed E-state index contributed by atoms with van der Waals surface area (Å²) in [4.78, 5) is 24.3. The summed E-state index contributed by atoms with van der Waals surface area (Å²) < 4.78 is 12.7. The van der Waals surface area contributed by atoms with Crippen LogP contribution in [0.1, 0.15) is 83.6 Å². The molecule has 194 valence electrons. The van der Waals surface area contributed by atoms with Crippen LogP contribution in [0.25, 0.3) is 0 Å². The van der Waals surface area contributed by atoms with Crippen molar-refractivity contribution in [3.8, 4) is 17.6 Å². The molecule has 2 unspecified atom stereocenters. The van der Waals surface area contributed by atoms with Gasteiger partial charge in [-0.3, -0.25) is 9.59 Å². The van der Waals surface area contributed by atoms with Gasteiger partial charge < -0.3 is 20.5 Å². The van der Waals surface area contributed by atoms with Crippen LogP contribution in [0.3, 0.4) is 0 Å². The van der Waals surface area contributed by atoms with E-state index in [4.69, 9.17) is 15.2 Å². The predicted octanol–water partition coefficient (Wildman–Crippen LogP) is 5.79. The fraction of sp³-hybridized carbons (Fsp3) is 0.536. The number of carbonyl (C=O) groups is 2. The van der Waals surface area contributed by atoms with Crippen molar-refractivity contribution in [3.05, 3.63) is 44.7 Å². The van der Waals surface area contributed by atoms with E-state index in [2.05, 4.69) is 34.2 Å². The Bertz CT molecular complexity index is 1100. The molecular formula is C28H36BrN3O4. The Morgan fingerprint density at radius 3 is 2.67 bits per heavy atom. The van der Waals surface area contributed by atoms with Gasteiger partial charge in [-0.25, -0.2) is 0 Å². The number of carbonyl (C=O) groups excluding carboxylic acids is 2. The van der Waals surface area contributed by atoms with Crippen LogP contribution in [0.4, 0.5) is 0 Å². The number of nitrogens with one attached hydrogen (secondary N) is 1. The second-order valence-electron chi connectivity index (χ2n) is 9.48. The summed E-state index contributed by atoms with van der Waals surface area (Å²) in [7, 11) is 0. The number of hydrogen-bond acceptors (Lipinski definition) is 6. The number of amides is 1. The first-order chi connectivity index (χ1) is 17.3. The molecule has 0 aromatic heterocycles. The van der Waals surface area contributed by atoms with Crippen molar-refractivity contribution in [3.63, 3.8) is 0 Å². The lowest BCUT2D eigenvalue weighted by Gasteiger charge is -2.35. The number of ketones is 1. The van der Waals surface area contributed by atoms with Crippen LogP contribution in [0.5, 0.6) is 11.5 Å². The maximum absolute atomic E-state index is 13.4. The number of halogens is 1. The maximum Gasteiger partial charge on any atom is 0.217 e. The molecule has 0 fully saturated rings. The van der Waals surface area contributed by atoms with E-state index in [-0.39, 0.29) is 11.7 Å². The molecule has 2 aliphatic rings. The van der Waals surface area contributed by atoms with E-state index in [1.807, 2.05) is 26.0 Å². The molecule has 8 heteroatoms. The van der Waals surface area contributed by atoms with Crippen LogP contribution in [0, 0.1) is 17.2 Å². The van der Waals surface area contributed by atoms with Crippen molar-refractivity contribution in [2.24, 2.45) is 11.7 Å². The largest absolute Gasteiger partial charge is 0.490 e. The molecule has 0 bridgehead atoms. The number of Topliss-reactive ketones (excluding diaryl/α,β-unsaturated/α-hetero) is 1. The lowest BCUT2D eigenvalue weighted by molar-refractivity contribution is -0.118. The number of benzene rings is 1. The molecule has 3 rings (SSSR count). The highest BCUT2D eigenvalue weighted by Gasteiger charge is 2.39. The zero-order valence-corrected chi connectivity index (χ0v) is 23.0. The zero-order chi connectivity index (χ0) is 26.2. The summed E-state index contributed by atoms with van der Waals surface area (Å²) in [5.41, 5.74) is 9.00. The normalized spacial score (nSPS) is 19.5. The first-order valence-electron chi connectivity index (χ1n) is 12.8. The third kappa shape index (κ3) is 6.50. The molecule has 7 nitrogen and oxygen atoms in total. The molecule has 0 saturated heterocycles. The molecule has 0 saturated carbocycles. The second kappa shape index (κ2) is 13.0. The van der Waals surface area contributed by atoms with Crippen LogP contribution in [0.2, 0.25) is 0 Å². The Kier molecular flexibility index (Phi) is 10.0. The van der Waals surface area contributed by atoms with E-state index in [1.54, 1.807) is 0 Å². The summed E-state index contributed by atoms with van der Waals surface area (Å²) in [5.74, 6) is 0.868. The average Bonchev–Trinajstić information content (AvgIpc) is 2.81. The van der Waals surface area contributed by atoms with Crippen molar-refractivity contribution in [2.45, 2.75) is 78.1 Å². The zero-order valence-electron chi connectivity index (χ0n) is 21.4. The molecule has 1 amide bonds. The van der Waals surface area contributed by atoms with E-state index in [9.17, 15) is 14.9 Å². The summed E-state index contributed by atoms with van der Waals surface area (Å²) >= 11 is 3.64. The smallest absolute Gasteiger partial charge is 0.217 e. The summed E-state index contributed by atoms with van der Waals surface area (Å²) in [5, 5.41) is 13.4. The lowest BCUT2D eigenvalue weighted by atomic mass is 9.72. The van der Waals surface area contributed by atoms with Crippen LogP contribution in [-0.2, 0) is 9.59 Å². The maximum atomic E-state index is 13.4. The van der Waals surface area contributed by atoms with Crippen LogP contribution < -0.4 is 20.5 Å². The Hall–Kier alpha value is -2.79. The molecule has 1 aliphatic carbocycles. The van der Waals surface area contributed by atoms with Gasteiger partial charge in [-0.1, -0.05) is 13.3 Å². The molecule has 2 atom stereocenters. The van der Waals surface area contributed by atoms with Crippen molar-refractivity contribution in [1.29, 1.82) is 5.26 Å². The van der Waals surface area contributed by atoms with Gasteiger partial charge in [0, 0.05) is 29.8 Å². The number of unbranched alkanes of at least 4 members (excludes halogenated alkanes) is 2. The fourth-order valence-corrected chi connectivity index (χ4v) is 5.70. The number of nitrogens with zero attached hydrogens (tertiary/aromatic N) is 1. The van der Waals surface area contributed by atoms with Gasteiger partial charge in [-0.15, -0.1) is 0 Å². The minimum absolute atomic E-state index is 0.109. The van der Waals surface area contributed by atoms with E-state index in [0.717, 1.165) is 55.5 Å². The molecule has 1 aromatic rings. The Labute approximate surface area is 222 Å². The van der Waals surface area contributed by atoms with Gasteiger partial charge >= 0.3 is 0 Å². The Morgan fingerprint density at radius 2 is 2.00 bits per heavy atom. The third-order valence-corrected chi connectivity index (χ3v) is 7.30. The van der Waals surface area contributed by atoms with Gasteiger partial charge in [0.05, 0.1) is 35.2 Å². The SMILES string of the molecule is CCCC1CC(=O)C2=C(C1)NC(C)=C(C#N)C2c1cc(Br)c(OCCCCCC(N)=O)c(OCC)c1. The highest BCUT2D eigenvalue weighted by molar-refractivity contribution is 9.10. The summed E-state index contributed by atoms with van der Waals surface area (Å²) in [6.45, 7) is 6.86. The predicted molar refractivity (Wildman–Crippen MR) is 142 cm³/mol. The van der Waals surface area contributed by atoms with Crippen molar-refractivity contribution in [2.75, 3.05) is 13.2 Å². The second-order valence-corrected chi connectivity index (χ2v) is 10.3. The molecule has 3 N–H and O–H groups in total. The number of rotatable bonds is 12. The number of ether oxygens (including phenoxy) is 2. The molecule has 0 spiro atoms. The van der Waals surface area contributed by atoms with Crippen LogP contribution >= 0.6 is 15.9 Å². The van der Waals surface area contributed by atoms with E-state index in [0.29, 0.717) is 59.1 Å². The average molecular weight is 559 g/mol. The standard InChI is InChI=1S/C28H36BrN3O4/c1-4-9-18-12-22-27(23(33)13-18)26(20(16-30)17(3)32-22)19-14-21(29)28(24(15-19)35-5-2)36-11-8-6-7-10-25(31)34/h14-15,18,26,32H,4-13H2,1-3H3,(H2,31,34). The third-order valence-electron chi connectivity index (χ3n) is 6.71. The molecule has 36 heavy (non-hydrogen) atoms. The van der Waals surface area contributed by atoms with Crippen molar-refractivity contribution >= 4 is 27.6 Å². The highest BCUT2D eigenvalue weighted by Crippen LogP contribution is 2.47. The van der Waals surface area contributed by atoms with Gasteiger partial charge in [0.15, 0.2) is 17.3 Å². The number of primary amides is 1. The first-order valence-corrected chi connectivity index (χ1v) is 13.6. The molecule has 1 aliphatic heterocycles. The van der Waals surface area contributed by atoms with Crippen molar-refractivity contribution < 1.29 is 19.1 Å². The number of allylic oxidation sites excluding steroid dienone is 4. The van der Waals surface area contributed by atoms with E-state index < -0.39 is 5.92 Å². The van der Waals surface area contributed by atoms with Gasteiger partial charge in [-0.05, 0) is 85.5 Å². The first kappa shape index (κ1) is 27.8. The number of dihydropyridines is 1. The van der Waals surface area contributed by atoms with Crippen LogP contribution in [-0.4, -0.2) is 24.9 Å². The molecule has 0 radical (unpaired) electrons. The number of nitrogens with two attached hydrogens (primary N) is 1. The van der Waals surface area contributed by atoms with Crippen molar-refractivity contribution in [1.82, 2.24) is 5.32 Å². The molecule has 1 aromatic carbocycles.